The molecule has 2 aromatic rings. The first-order valence-electron chi connectivity index (χ1n) is 7.86. The Labute approximate surface area is 131 Å². The summed E-state index contributed by atoms with van der Waals surface area (Å²) in [5.41, 5.74) is 4.79. The number of hydrogen-bond donors (Lipinski definition) is 2. The van der Waals surface area contributed by atoms with Crippen LogP contribution >= 0.6 is 0 Å². The Morgan fingerprint density at radius 2 is 1.86 bits per heavy atom. The predicted molar refractivity (Wildman–Crippen MR) is 88.0 cm³/mol. The van der Waals surface area contributed by atoms with Gasteiger partial charge in [-0.05, 0) is 41.2 Å². The van der Waals surface area contributed by atoms with E-state index in [2.05, 4.69) is 12.2 Å². The van der Waals surface area contributed by atoms with Crippen LogP contribution in [0.25, 0.3) is 0 Å². The zero-order chi connectivity index (χ0) is 15.7. The van der Waals surface area contributed by atoms with Crippen LogP contribution in [0.4, 0.5) is 5.69 Å². The third-order valence-corrected chi connectivity index (χ3v) is 4.43. The van der Waals surface area contributed by atoms with Crippen LogP contribution in [0.2, 0.25) is 0 Å². The zero-order valence-electron chi connectivity index (χ0n) is 13.0. The molecule has 2 atom stereocenters. The van der Waals surface area contributed by atoms with Crippen LogP contribution in [-0.2, 0) is 11.2 Å². The second-order valence-electron chi connectivity index (χ2n) is 5.76. The Balaban J connectivity index is 2.08. The third kappa shape index (κ3) is 2.42. The van der Waals surface area contributed by atoms with Crippen molar-refractivity contribution in [2.45, 2.75) is 38.7 Å². The molecular weight excluding hydrogens is 274 g/mol. The summed E-state index contributed by atoms with van der Waals surface area (Å²) in [7, 11) is 0. The summed E-state index contributed by atoms with van der Waals surface area (Å²) in [6.45, 7) is 4.09. The number of fused-ring (bicyclic) bond motifs is 1. The summed E-state index contributed by atoms with van der Waals surface area (Å²) in [6.07, 6.45) is 0.936. The van der Waals surface area contributed by atoms with Crippen LogP contribution in [0, 0.1) is 0 Å². The van der Waals surface area contributed by atoms with Crippen molar-refractivity contribution in [1.82, 2.24) is 0 Å². The number of carbonyl (C=O) groups excluding carboxylic acids is 1. The molecule has 1 aliphatic heterocycles. The van der Waals surface area contributed by atoms with Crippen molar-refractivity contribution in [3.05, 3.63) is 64.7 Å². The second kappa shape index (κ2) is 5.93. The van der Waals surface area contributed by atoms with Crippen molar-refractivity contribution in [1.29, 1.82) is 0 Å². The van der Waals surface area contributed by atoms with Gasteiger partial charge < -0.3 is 10.4 Å². The van der Waals surface area contributed by atoms with Crippen molar-refractivity contribution in [2.24, 2.45) is 0 Å². The van der Waals surface area contributed by atoms with E-state index in [0.717, 1.165) is 40.8 Å². The van der Waals surface area contributed by atoms with Gasteiger partial charge in [-0.25, -0.2) is 0 Å². The molecule has 0 bridgehead atoms. The molecule has 3 heteroatoms. The lowest BCUT2D eigenvalue weighted by Crippen LogP contribution is -2.10. The average molecular weight is 295 g/mol. The first kappa shape index (κ1) is 14.8. The molecule has 3 nitrogen and oxygen atoms in total. The first-order chi connectivity index (χ1) is 10.7. The van der Waals surface area contributed by atoms with Gasteiger partial charge in [0.1, 0.15) is 6.10 Å². The van der Waals surface area contributed by atoms with Crippen molar-refractivity contribution >= 4 is 11.6 Å². The normalized spacial score (nSPS) is 18.0. The van der Waals surface area contributed by atoms with Crippen LogP contribution in [0.15, 0.2) is 42.5 Å². The SMILES string of the molecule is CCc1cc(C(O)c2ccccc2)cc2c1NC(=O)C2CC. The minimum atomic E-state index is -0.662. The predicted octanol–water partition coefficient (Wildman–Crippen LogP) is 3.78. The molecule has 0 spiro atoms. The van der Waals surface area contributed by atoms with Gasteiger partial charge in [0, 0.05) is 5.69 Å². The molecule has 0 aromatic heterocycles. The number of nitrogens with one attached hydrogen (secondary N) is 1. The number of benzene rings is 2. The lowest BCUT2D eigenvalue weighted by Gasteiger charge is -2.16. The van der Waals surface area contributed by atoms with Gasteiger partial charge in [-0.1, -0.05) is 50.2 Å². The fraction of sp³-hybridized carbons (Fsp3) is 0.316. The summed E-state index contributed by atoms with van der Waals surface area (Å²) in [6, 6.07) is 13.6. The van der Waals surface area contributed by atoms with Gasteiger partial charge in [-0.3, -0.25) is 4.79 Å². The quantitative estimate of drug-likeness (QED) is 0.902. The van der Waals surface area contributed by atoms with Crippen molar-refractivity contribution in [2.75, 3.05) is 5.32 Å². The standard InChI is InChI=1S/C19H21NO2/c1-3-12-10-14(18(21)13-8-6-5-7-9-13)11-16-15(4-2)19(22)20-17(12)16/h5-11,15,18,21H,3-4H2,1-2H3,(H,20,22). The van der Waals surface area contributed by atoms with E-state index < -0.39 is 6.10 Å². The highest BCUT2D eigenvalue weighted by atomic mass is 16.3. The van der Waals surface area contributed by atoms with Crippen molar-refractivity contribution in [3.63, 3.8) is 0 Å². The average Bonchev–Trinajstić information content (AvgIpc) is 2.89. The molecule has 0 saturated carbocycles. The van der Waals surface area contributed by atoms with Crippen LogP contribution in [0.5, 0.6) is 0 Å². The molecule has 1 amide bonds. The Morgan fingerprint density at radius 3 is 2.50 bits per heavy atom. The smallest absolute Gasteiger partial charge is 0.232 e. The fourth-order valence-electron chi connectivity index (χ4n) is 3.20. The van der Waals surface area contributed by atoms with Gasteiger partial charge in [-0.2, -0.15) is 0 Å². The Kier molecular flexibility index (Phi) is 3.99. The summed E-state index contributed by atoms with van der Waals surface area (Å²) in [5, 5.41) is 13.7. The molecule has 2 aromatic carbocycles. The topological polar surface area (TPSA) is 49.3 Å². The van der Waals surface area contributed by atoms with Gasteiger partial charge in [-0.15, -0.1) is 0 Å². The molecular formula is C19H21NO2. The van der Waals surface area contributed by atoms with E-state index in [1.165, 1.54) is 0 Å². The van der Waals surface area contributed by atoms with E-state index in [1.54, 1.807) is 0 Å². The van der Waals surface area contributed by atoms with E-state index in [1.807, 2.05) is 49.4 Å². The first-order valence-corrected chi connectivity index (χ1v) is 7.86. The number of anilines is 1. The molecule has 1 aliphatic rings. The molecule has 0 fully saturated rings. The molecule has 22 heavy (non-hydrogen) atoms. The monoisotopic (exact) mass is 295 g/mol. The van der Waals surface area contributed by atoms with Crippen molar-refractivity contribution in [3.8, 4) is 0 Å². The number of aryl methyl sites for hydroxylation is 1. The van der Waals surface area contributed by atoms with Gasteiger partial charge in [0.2, 0.25) is 5.91 Å². The maximum absolute atomic E-state index is 12.1. The lowest BCUT2D eigenvalue weighted by atomic mass is 9.90. The maximum atomic E-state index is 12.1. The van der Waals surface area contributed by atoms with Crippen LogP contribution < -0.4 is 5.32 Å². The molecule has 114 valence electrons. The van der Waals surface area contributed by atoms with E-state index in [0.29, 0.717) is 0 Å². The van der Waals surface area contributed by atoms with Gasteiger partial charge in [0.15, 0.2) is 0 Å². The Hall–Kier alpha value is -2.13. The largest absolute Gasteiger partial charge is 0.384 e. The second-order valence-corrected chi connectivity index (χ2v) is 5.76. The molecule has 3 rings (SSSR count). The lowest BCUT2D eigenvalue weighted by molar-refractivity contribution is -0.117. The number of carbonyl (C=O) groups is 1. The highest BCUT2D eigenvalue weighted by molar-refractivity contribution is 6.03. The number of aliphatic hydroxyl groups excluding tert-OH is 1. The third-order valence-electron chi connectivity index (χ3n) is 4.43. The van der Waals surface area contributed by atoms with Gasteiger partial charge in [0.05, 0.1) is 5.92 Å². The van der Waals surface area contributed by atoms with Crippen LogP contribution in [0.1, 0.15) is 54.5 Å². The Bertz CT molecular complexity index is 694. The molecule has 0 saturated heterocycles. The van der Waals surface area contributed by atoms with Crippen LogP contribution in [-0.4, -0.2) is 11.0 Å². The molecule has 2 unspecified atom stereocenters. The summed E-state index contributed by atoms with van der Waals surface area (Å²) in [4.78, 5) is 12.1. The molecule has 0 aliphatic carbocycles. The van der Waals surface area contributed by atoms with Gasteiger partial charge >= 0.3 is 0 Å². The molecule has 0 radical (unpaired) electrons. The van der Waals surface area contributed by atoms with E-state index in [9.17, 15) is 9.90 Å². The number of amides is 1. The molecule has 2 N–H and O–H groups in total. The molecule has 1 heterocycles. The van der Waals surface area contributed by atoms with E-state index >= 15 is 0 Å². The number of aliphatic hydroxyl groups is 1. The Morgan fingerprint density at radius 1 is 1.14 bits per heavy atom. The van der Waals surface area contributed by atoms with E-state index in [4.69, 9.17) is 0 Å². The highest BCUT2D eigenvalue weighted by Gasteiger charge is 2.31. The number of rotatable bonds is 4. The van der Waals surface area contributed by atoms with E-state index in [-0.39, 0.29) is 11.8 Å². The minimum Gasteiger partial charge on any atom is -0.384 e. The zero-order valence-corrected chi connectivity index (χ0v) is 13.0. The number of hydrogen-bond acceptors (Lipinski definition) is 2. The fourth-order valence-corrected chi connectivity index (χ4v) is 3.20. The van der Waals surface area contributed by atoms with Crippen molar-refractivity contribution < 1.29 is 9.90 Å². The highest BCUT2D eigenvalue weighted by Crippen LogP contribution is 2.40. The summed E-state index contributed by atoms with van der Waals surface area (Å²) < 4.78 is 0. The summed E-state index contributed by atoms with van der Waals surface area (Å²) in [5.74, 6) is -0.0400. The summed E-state index contributed by atoms with van der Waals surface area (Å²) >= 11 is 0. The maximum Gasteiger partial charge on any atom is 0.232 e. The van der Waals surface area contributed by atoms with Gasteiger partial charge in [0.25, 0.3) is 0 Å². The minimum absolute atomic E-state index is 0.0681. The van der Waals surface area contributed by atoms with Crippen LogP contribution in [0.3, 0.4) is 0 Å².